The average Bonchev–Trinajstić information content (AvgIpc) is 4.15. The van der Waals surface area contributed by atoms with E-state index in [-0.39, 0.29) is 0 Å². The van der Waals surface area contributed by atoms with Crippen molar-refractivity contribution in [2.45, 2.75) is 0 Å². The Balaban J connectivity index is 1.08. The third kappa shape index (κ3) is 5.42. The molecule has 10 aromatic carbocycles. The molecule has 0 unspecified atom stereocenters. The van der Waals surface area contributed by atoms with E-state index < -0.39 is 0 Å². The number of hydrogen-bond donors (Lipinski definition) is 0. The fraction of sp³-hybridized carbons (Fsp3) is 0. The first kappa shape index (κ1) is 37.3. The summed E-state index contributed by atoms with van der Waals surface area (Å²) in [4.78, 5) is 16.7. The van der Waals surface area contributed by atoms with Crippen LogP contribution in [0, 0.1) is 0 Å². The van der Waals surface area contributed by atoms with Gasteiger partial charge in [0.1, 0.15) is 11.2 Å². The number of thiophene rings is 1. The summed E-state index contributed by atoms with van der Waals surface area (Å²) in [5.74, 6) is 1.76. The molecule has 15 aromatic rings. The van der Waals surface area contributed by atoms with Crippen molar-refractivity contribution in [1.82, 2.24) is 24.1 Å². The van der Waals surface area contributed by atoms with Gasteiger partial charge in [-0.25, -0.2) is 15.0 Å². The Bertz CT molecular complexity index is 4580. The standard InChI is InChI=1S/C61H35N5OS/c1-2-18-38(19-3-1)66-51-29-11-6-20-40(51)43-24-14-26-46(57(43)66)59-62-60(47-27-15-25-44-42-22-9-13-31-55(42)68-58(44)47)64-61(63-59)49-34-39(35-54-56(49)45-23-8-12-30-53(45)67-54)65-50-28-10-7-21-41(50)48-32-36-16-4-5-17-37(36)33-52(48)65/h1-35H. The molecule has 5 heterocycles. The van der Waals surface area contributed by atoms with Crippen LogP contribution in [0.25, 0.3) is 142 Å². The Morgan fingerprint density at radius 1 is 0.353 bits per heavy atom. The third-order valence-corrected chi connectivity index (χ3v) is 15.0. The summed E-state index contributed by atoms with van der Waals surface area (Å²) in [6.45, 7) is 0. The van der Waals surface area contributed by atoms with E-state index in [0.29, 0.717) is 17.5 Å². The fourth-order valence-electron chi connectivity index (χ4n) is 10.8. The molecule has 0 bridgehead atoms. The van der Waals surface area contributed by atoms with E-state index in [1.54, 1.807) is 11.3 Å². The predicted molar refractivity (Wildman–Crippen MR) is 282 cm³/mol. The van der Waals surface area contributed by atoms with Gasteiger partial charge in [-0.1, -0.05) is 140 Å². The third-order valence-electron chi connectivity index (χ3n) is 13.7. The van der Waals surface area contributed by atoms with Crippen molar-refractivity contribution in [2.75, 3.05) is 0 Å². The van der Waals surface area contributed by atoms with Gasteiger partial charge in [0.05, 0.1) is 27.8 Å². The number of furan rings is 1. The number of hydrogen-bond acceptors (Lipinski definition) is 5. The average molecular weight is 886 g/mol. The quantitative estimate of drug-likeness (QED) is 0.173. The molecule has 0 N–H and O–H groups in total. The highest BCUT2D eigenvalue weighted by Crippen LogP contribution is 2.45. The minimum absolute atomic E-state index is 0.562. The van der Waals surface area contributed by atoms with Gasteiger partial charge in [0, 0.05) is 80.9 Å². The van der Waals surface area contributed by atoms with Crippen LogP contribution in [0.1, 0.15) is 0 Å². The molecule has 0 amide bonds. The van der Waals surface area contributed by atoms with Gasteiger partial charge < -0.3 is 13.6 Å². The largest absolute Gasteiger partial charge is 0.456 e. The van der Waals surface area contributed by atoms with Crippen LogP contribution >= 0.6 is 11.3 Å². The highest BCUT2D eigenvalue weighted by Gasteiger charge is 2.25. The van der Waals surface area contributed by atoms with Crippen LogP contribution < -0.4 is 0 Å². The van der Waals surface area contributed by atoms with E-state index in [4.69, 9.17) is 19.4 Å². The molecule has 0 aliphatic heterocycles. The van der Waals surface area contributed by atoms with E-state index in [9.17, 15) is 0 Å². The monoisotopic (exact) mass is 885 g/mol. The summed E-state index contributed by atoms with van der Waals surface area (Å²) >= 11 is 1.78. The molecular weight excluding hydrogens is 851 g/mol. The van der Waals surface area contributed by atoms with Gasteiger partial charge in [-0.05, 0) is 77.5 Å². The zero-order chi connectivity index (χ0) is 44.5. The van der Waals surface area contributed by atoms with E-state index in [1.807, 2.05) is 12.1 Å². The molecule has 5 aromatic heterocycles. The van der Waals surface area contributed by atoms with Crippen molar-refractivity contribution in [3.8, 4) is 45.5 Å². The second-order valence-electron chi connectivity index (χ2n) is 17.5. The Morgan fingerprint density at radius 3 is 1.75 bits per heavy atom. The number of rotatable bonds is 5. The molecule has 0 saturated carbocycles. The van der Waals surface area contributed by atoms with Crippen LogP contribution in [0.4, 0.5) is 0 Å². The topological polar surface area (TPSA) is 61.7 Å². The Hall–Kier alpha value is -8.91. The van der Waals surface area contributed by atoms with Crippen LogP contribution in [0.3, 0.4) is 0 Å². The number of aromatic nitrogens is 5. The molecule has 7 heteroatoms. The van der Waals surface area contributed by atoms with Crippen molar-refractivity contribution in [2.24, 2.45) is 0 Å². The molecule has 6 nitrogen and oxygen atoms in total. The molecule has 0 atom stereocenters. The normalized spacial score (nSPS) is 12.1. The first-order valence-electron chi connectivity index (χ1n) is 22.8. The van der Waals surface area contributed by atoms with Crippen molar-refractivity contribution >= 4 is 108 Å². The van der Waals surface area contributed by atoms with Crippen LogP contribution in [-0.2, 0) is 0 Å². The molecule has 0 aliphatic carbocycles. The van der Waals surface area contributed by atoms with Crippen LogP contribution in [-0.4, -0.2) is 24.1 Å². The summed E-state index contributed by atoms with van der Waals surface area (Å²) in [6, 6.07) is 75.4. The summed E-state index contributed by atoms with van der Waals surface area (Å²) in [5, 5.41) is 11.4. The predicted octanol–water partition coefficient (Wildman–Crippen LogP) is 16.5. The van der Waals surface area contributed by atoms with Crippen LogP contribution in [0.15, 0.2) is 217 Å². The smallest absolute Gasteiger partial charge is 0.166 e. The summed E-state index contributed by atoms with van der Waals surface area (Å²) in [6.07, 6.45) is 0. The van der Waals surface area contributed by atoms with Gasteiger partial charge >= 0.3 is 0 Å². The molecular formula is C61H35N5OS. The maximum absolute atomic E-state index is 6.84. The van der Waals surface area contributed by atoms with E-state index in [0.717, 1.165) is 87.5 Å². The molecule has 0 saturated heterocycles. The number of fused-ring (bicyclic) bond motifs is 13. The highest BCUT2D eigenvalue weighted by molar-refractivity contribution is 7.26. The fourth-order valence-corrected chi connectivity index (χ4v) is 12.0. The number of para-hydroxylation sites is 5. The minimum atomic E-state index is 0.562. The molecule has 0 radical (unpaired) electrons. The lowest BCUT2D eigenvalue weighted by atomic mass is 10.0. The first-order valence-corrected chi connectivity index (χ1v) is 23.7. The molecule has 15 rings (SSSR count). The van der Waals surface area contributed by atoms with E-state index in [2.05, 4.69) is 209 Å². The van der Waals surface area contributed by atoms with Crippen LogP contribution in [0.2, 0.25) is 0 Å². The van der Waals surface area contributed by atoms with Crippen molar-refractivity contribution in [1.29, 1.82) is 0 Å². The van der Waals surface area contributed by atoms with Crippen molar-refractivity contribution in [3.63, 3.8) is 0 Å². The maximum Gasteiger partial charge on any atom is 0.166 e. The zero-order valence-corrected chi connectivity index (χ0v) is 37.1. The Morgan fingerprint density at radius 2 is 0.941 bits per heavy atom. The van der Waals surface area contributed by atoms with Crippen molar-refractivity contribution in [3.05, 3.63) is 212 Å². The summed E-state index contributed by atoms with van der Waals surface area (Å²) < 4.78 is 13.9. The van der Waals surface area contributed by atoms with Gasteiger partial charge in [0.25, 0.3) is 0 Å². The van der Waals surface area contributed by atoms with Gasteiger partial charge in [-0.15, -0.1) is 11.3 Å². The van der Waals surface area contributed by atoms with E-state index >= 15 is 0 Å². The van der Waals surface area contributed by atoms with E-state index in [1.165, 1.54) is 37.0 Å². The lowest BCUT2D eigenvalue weighted by Gasteiger charge is -2.14. The maximum atomic E-state index is 6.84. The van der Waals surface area contributed by atoms with Crippen molar-refractivity contribution < 1.29 is 4.42 Å². The molecule has 316 valence electrons. The summed E-state index contributed by atoms with van der Waals surface area (Å²) in [5.41, 5.74) is 10.7. The zero-order valence-electron chi connectivity index (χ0n) is 36.3. The number of benzene rings is 10. The minimum Gasteiger partial charge on any atom is -0.456 e. The lowest BCUT2D eigenvalue weighted by Crippen LogP contribution is -2.03. The summed E-state index contributed by atoms with van der Waals surface area (Å²) in [7, 11) is 0. The van der Waals surface area contributed by atoms with Gasteiger partial charge in [0.2, 0.25) is 0 Å². The second-order valence-corrected chi connectivity index (χ2v) is 18.6. The van der Waals surface area contributed by atoms with Gasteiger partial charge in [-0.3, -0.25) is 0 Å². The van der Waals surface area contributed by atoms with Gasteiger partial charge in [0.15, 0.2) is 17.5 Å². The first-order chi connectivity index (χ1) is 33.7. The van der Waals surface area contributed by atoms with Gasteiger partial charge in [-0.2, -0.15) is 0 Å². The highest BCUT2D eigenvalue weighted by atomic mass is 32.1. The Kier molecular flexibility index (Phi) is 7.85. The molecule has 0 aliphatic rings. The number of nitrogens with zero attached hydrogens (tertiary/aromatic N) is 5. The second kappa shape index (κ2) is 14.3. The molecule has 0 spiro atoms. The van der Waals surface area contributed by atoms with Crippen LogP contribution in [0.5, 0.6) is 0 Å². The Labute approximate surface area is 392 Å². The SMILES string of the molecule is c1ccc(-n2c3ccccc3c3cccc(-c4nc(-c5cccc6c5sc5ccccc56)nc(-c5cc(-n6c7ccccc7c7cc8ccccc8cc76)cc6oc7ccccc7c56)n4)c32)cc1. The lowest BCUT2D eigenvalue weighted by molar-refractivity contribution is 0.668. The molecule has 68 heavy (non-hydrogen) atoms. The molecule has 0 fully saturated rings.